The first-order valence-corrected chi connectivity index (χ1v) is 7.42. The summed E-state index contributed by atoms with van der Waals surface area (Å²) in [6, 6.07) is 1.63. The minimum absolute atomic E-state index is 0.199. The number of hydrogen-bond donors (Lipinski definition) is 1. The average molecular weight is 282 g/mol. The van der Waals surface area contributed by atoms with Crippen molar-refractivity contribution in [1.82, 2.24) is 5.32 Å². The van der Waals surface area contributed by atoms with Gasteiger partial charge in [-0.1, -0.05) is 50.7 Å². The molecule has 106 valence electrons. The predicted molar refractivity (Wildman–Crippen MR) is 81.5 cm³/mol. The van der Waals surface area contributed by atoms with Crippen LogP contribution in [0.25, 0.3) is 6.08 Å². The number of hydrogen-bond acceptors (Lipinski definition) is 4. The predicted octanol–water partition coefficient (Wildman–Crippen LogP) is 3.94. The average Bonchev–Trinajstić information content (AvgIpc) is 2.75. The van der Waals surface area contributed by atoms with Crippen LogP contribution in [0.3, 0.4) is 0 Å². The second-order valence-corrected chi connectivity index (χ2v) is 6.26. The van der Waals surface area contributed by atoms with E-state index in [0.717, 1.165) is 18.7 Å². The first-order valence-electron chi connectivity index (χ1n) is 6.54. The molecule has 0 spiro atoms. The first kappa shape index (κ1) is 15.9. The highest BCUT2D eigenvalue weighted by molar-refractivity contribution is 7.13. The van der Waals surface area contributed by atoms with E-state index in [2.05, 4.69) is 39.1 Å². The van der Waals surface area contributed by atoms with Crippen molar-refractivity contribution in [1.29, 1.82) is 0 Å². The van der Waals surface area contributed by atoms with Gasteiger partial charge in [0.1, 0.15) is 0 Å². The van der Waals surface area contributed by atoms with Gasteiger partial charge in [0.25, 0.3) is 0 Å². The molecule has 0 unspecified atom stereocenters. The third-order valence-electron chi connectivity index (χ3n) is 2.76. The highest BCUT2D eigenvalue weighted by Gasteiger charge is 2.10. The smallest absolute Gasteiger partial charge is 0.313 e. The Balaban J connectivity index is 2.73. The number of thiophene rings is 1. The summed E-state index contributed by atoms with van der Waals surface area (Å²) in [6.45, 7) is 10.4. The zero-order chi connectivity index (χ0) is 14.4. The maximum atomic E-state index is 10.7. The summed E-state index contributed by atoms with van der Waals surface area (Å²) in [5, 5.41) is 16.1. The summed E-state index contributed by atoms with van der Waals surface area (Å²) in [6.07, 6.45) is 2.06. The van der Waals surface area contributed by atoms with Gasteiger partial charge in [0.15, 0.2) is 0 Å². The summed E-state index contributed by atoms with van der Waals surface area (Å²) in [5.41, 5.74) is 2.19. The molecule has 0 aromatic carbocycles. The molecule has 0 saturated carbocycles. The molecule has 1 aromatic heterocycles. The Morgan fingerprint density at radius 3 is 2.63 bits per heavy atom. The highest BCUT2D eigenvalue weighted by atomic mass is 32.1. The van der Waals surface area contributed by atoms with Gasteiger partial charge in [0, 0.05) is 18.0 Å². The number of nitrogens with zero attached hydrogens (tertiary/aromatic N) is 1. The van der Waals surface area contributed by atoms with Crippen molar-refractivity contribution in [3.63, 3.8) is 0 Å². The molecule has 0 aliphatic rings. The molecule has 5 heteroatoms. The van der Waals surface area contributed by atoms with Crippen LogP contribution in [0, 0.1) is 22.0 Å². The third-order valence-corrected chi connectivity index (χ3v) is 3.66. The van der Waals surface area contributed by atoms with Gasteiger partial charge in [0.2, 0.25) is 0 Å². The summed E-state index contributed by atoms with van der Waals surface area (Å²) in [5.74, 6) is 1.05. The molecule has 0 bridgehead atoms. The van der Waals surface area contributed by atoms with E-state index < -0.39 is 0 Å². The van der Waals surface area contributed by atoms with E-state index in [4.69, 9.17) is 0 Å². The van der Waals surface area contributed by atoms with Crippen LogP contribution in [0.4, 0.5) is 5.00 Å². The molecule has 0 amide bonds. The van der Waals surface area contributed by atoms with Crippen LogP contribution in [-0.2, 0) is 0 Å². The minimum Gasteiger partial charge on any atom is -0.313 e. The van der Waals surface area contributed by atoms with Gasteiger partial charge in [-0.05, 0) is 23.9 Å². The largest absolute Gasteiger partial charge is 0.324 e. The molecule has 0 atom stereocenters. The minimum atomic E-state index is -0.339. The zero-order valence-electron chi connectivity index (χ0n) is 12.0. The van der Waals surface area contributed by atoms with Crippen molar-refractivity contribution in [3.8, 4) is 0 Å². The molecule has 0 saturated heterocycles. The third kappa shape index (κ3) is 5.53. The van der Waals surface area contributed by atoms with Crippen molar-refractivity contribution >= 4 is 22.4 Å². The van der Waals surface area contributed by atoms with E-state index in [9.17, 15) is 10.1 Å². The Bertz CT molecular complexity index is 450. The van der Waals surface area contributed by atoms with Crippen LogP contribution in [0.2, 0.25) is 0 Å². The number of nitro groups is 1. The zero-order valence-corrected chi connectivity index (χ0v) is 12.8. The maximum absolute atomic E-state index is 10.7. The van der Waals surface area contributed by atoms with E-state index in [1.165, 1.54) is 16.9 Å². The fourth-order valence-electron chi connectivity index (χ4n) is 1.65. The Hall–Kier alpha value is -1.20. The lowest BCUT2D eigenvalue weighted by atomic mass is 10.0. The van der Waals surface area contributed by atoms with Crippen molar-refractivity contribution in [2.24, 2.45) is 11.8 Å². The summed E-state index contributed by atoms with van der Waals surface area (Å²) >= 11 is 1.18. The molecule has 1 rings (SSSR count). The molecule has 19 heavy (non-hydrogen) atoms. The van der Waals surface area contributed by atoms with Crippen molar-refractivity contribution < 1.29 is 4.92 Å². The molecule has 1 N–H and O–H groups in total. The second kappa shape index (κ2) is 7.40. The number of rotatable bonds is 7. The second-order valence-electron chi connectivity index (χ2n) is 5.37. The van der Waals surface area contributed by atoms with E-state index in [0.29, 0.717) is 11.8 Å². The monoisotopic (exact) mass is 282 g/mol. The Morgan fingerprint density at radius 1 is 1.47 bits per heavy atom. The standard InChI is InChI=1S/C14H22N2O2S/c1-10(2)7-15-8-13(11(3)4)5-12-6-14(16(17)18)19-9-12/h5-6,9-11,15H,7-8H2,1-4H3. The molecule has 0 fully saturated rings. The molecular weight excluding hydrogens is 260 g/mol. The molecule has 1 aromatic rings. The SMILES string of the molecule is CC(C)CNCC(=Cc1csc([N+](=O)[O-])c1)C(C)C. The van der Waals surface area contributed by atoms with E-state index in [1.54, 1.807) is 6.07 Å². The van der Waals surface area contributed by atoms with Crippen LogP contribution < -0.4 is 5.32 Å². The van der Waals surface area contributed by atoms with Gasteiger partial charge in [-0.25, -0.2) is 0 Å². The normalized spacial score (nSPS) is 12.4. The summed E-state index contributed by atoms with van der Waals surface area (Å²) in [4.78, 5) is 10.3. The lowest BCUT2D eigenvalue weighted by molar-refractivity contribution is -0.380. The van der Waals surface area contributed by atoms with Gasteiger partial charge >= 0.3 is 5.00 Å². The van der Waals surface area contributed by atoms with E-state index in [-0.39, 0.29) is 9.92 Å². The maximum Gasteiger partial charge on any atom is 0.324 e. The van der Waals surface area contributed by atoms with Gasteiger partial charge in [0.05, 0.1) is 4.92 Å². The highest BCUT2D eigenvalue weighted by Crippen LogP contribution is 2.25. The molecular formula is C14H22N2O2S. The molecule has 4 nitrogen and oxygen atoms in total. The molecule has 0 aliphatic carbocycles. The van der Waals surface area contributed by atoms with Crippen LogP contribution in [0.1, 0.15) is 33.3 Å². The lowest BCUT2D eigenvalue weighted by Crippen LogP contribution is -2.23. The fraction of sp³-hybridized carbons (Fsp3) is 0.571. The molecule has 0 aliphatic heterocycles. The summed E-state index contributed by atoms with van der Waals surface area (Å²) in [7, 11) is 0. The van der Waals surface area contributed by atoms with Gasteiger partial charge in [-0.2, -0.15) is 0 Å². The van der Waals surface area contributed by atoms with Crippen molar-refractivity contribution in [2.75, 3.05) is 13.1 Å². The molecule has 0 radical (unpaired) electrons. The molecule has 1 heterocycles. The first-order chi connectivity index (χ1) is 8.90. The van der Waals surface area contributed by atoms with Crippen molar-refractivity contribution in [2.45, 2.75) is 27.7 Å². The van der Waals surface area contributed by atoms with Crippen molar-refractivity contribution in [3.05, 3.63) is 32.7 Å². The van der Waals surface area contributed by atoms with Gasteiger partial charge < -0.3 is 5.32 Å². The Labute approximate surface area is 118 Å². The fourth-order valence-corrected chi connectivity index (χ4v) is 2.33. The van der Waals surface area contributed by atoms with Gasteiger partial charge in [-0.3, -0.25) is 10.1 Å². The van der Waals surface area contributed by atoms with E-state index in [1.807, 2.05) is 5.38 Å². The van der Waals surface area contributed by atoms with Crippen LogP contribution in [0.5, 0.6) is 0 Å². The van der Waals surface area contributed by atoms with Crippen LogP contribution in [-0.4, -0.2) is 18.0 Å². The Morgan fingerprint density at radius 2 is 2.16 bits per heavy atom. The van der Waals surface area contributed by atoms with E-state index >= 15 is 0 Å². The lowest BCUT2D eigenvalue weighted by Gasteiger charge is -2.13. The van der Waals surface area contributed by atoms with Crippen LogP contribution >= 0.6 is 11.3 Å². The van der Waals surface area contributed by atoms with Crippen LogP contribution in [0.15, 0.2) is 17.0 Å². The van der Waals surface area contributed by atoms with Gasteiger partial charge in [-0.15, -0.1) is 0 Å². The summed E-state index contributed by atoms with van der Waals surface area (Å²) < 4.78 is 0. The quantitative estimate of drug-likeness (QED) is 0.608. The topological polar surface area (TPSA) is 55.2 Å². The number of nitrogens with one attached hydrogen (secondary N) is 1. The Kier molecular flexibility index (Phi) is 6.18.